The number of aryl methyl sites for hydroxylation is 2. The van der Waals surface area contributed by atoms with E-state index in [1.54, 1.807) is 0 Å². The smallest absolute Gasteiger partial charge is 0.252 e. The molecule has 1 saturated carbocycles. The maximum Gasteiger partial charge on any atom is 0.252 e. The molecule has 0 atom stereocenters. The Hall–Kier alpha value is -1.61. The lowest BCUT2D eigenvalue weighted by Crippen LogP contribution is -2.48. The van der Waals surface area contributed by atoms with Crippen LogP contribution in [0.4, 0.5) is 0 Å². The molecule has 3 rings (SSSR count). The van der Waals surface area contributed by atoms with Crippen molar-refractivity contribution in [3.63, 3.8) is 0 Å². The summed E-state index contributed by atoms with van der Waals surface area (Å²) in [4.78, 5) is 13.0. The molecule has 3 heteroatoms. The standard InChI is InChI=1S/C22H31NO2/c1-7-25-18-8-10-22(11-9-18)17(6)20(21(24)23-22)19-14(3)12-13(2)15(4)16(19)5/h12,18H,7-11H2,1-6H3,(H,23,24). The molecule has 1 aromatic rings. The van der Waals surface area contributed by atoms with Crippen molar-refractivity contribution in [2.45, 2.75) is 78.9 Å². The third-order valence-corrected chi connectivity index (χ3v) is 6.47. The number of hydrogen-bond donors (Lipinski definition) is 1. The lowest BCUT2D eigenvalue weighted by atomic mass is 9.75. The van der Waals surface area contributed by atoms with E-state index >= 15 is 0 Å². The third-order valence-electron chi connectivity index (χ3n) is 6.47. The van der Waals surface area contributed by atoms with Crippen LogP contribution in [-0.2, 0) is 9.53 Å². The third kappa shape index (κ3) is 2.93. The van der Waals surface area contributed by atoms with E-state index in [9.17, 15) is 4.79 Å². The van der Waals surface area contributed by atoms with E-state index in [0.29, 0.717) is 6.10 Å². The van der Waals surface area contributed by atoms with Crippen LogP contribution >= 0.6 is 0 Å². The molecule has 136 valence electrons. The number of nitrogens with one attached hydrogen (secondary N) is 1. The molecule has 0 bridgehead atoms. The van der Waals surface area contributed by atoms with Crippen LogP contribution in [0.15, 0.2) is 11.6 Å². The van der Waals surface area contributed by atoms with Gasteiger partial charge in [-0.25, -0.2) is 0 Å². The van der Waals surface area contributed by atoms with Crippen molar-refractivity contribution in [1.82, 2.24) is 5.32 Å². The zero-order valence-electron chi connectivity index (χ0n) is 16.5. The Kier molecular flexibility index (Phi) is 4.80. The van der Waals surface area contributed by atoms with Crippen molar-refractivity contribution in [2.75, 3.05) is 6.61 Å². The molecule has 1 N–H and O–H groups in total. The molecule has 1 amide bonds. The fraction of sp³-hybridized carbons (Fsp3) is 0.591. The molecule has 3 nitrogen and oxygen atoms in total. The molecule has 0 radical (unpaired) electrons. The van der Waals surface area contributed by atoms with Gasteiger partial charge >= 0.3 is 0 Å². The molecule has 0 unspecified atom stereocenters. The molecule has 0 aromatic heterocycles. The molecule has 1 aromatic carbocycles. The lowest BCUT2D eigenvalue weighted by molar-refractivity contribution is -0.116. The summed E-state index contributed by atoms with van der Waals surface area (Å²) in [5.74, 6) is 0.0989. The molecule has 1 aliphatic heterocycles. The van der Waals surface area contributed by atoms with Crippen LogP contribution in [-0.4, -0.2) is 24.2 Å². The Balaban J connectivity index is 2.02. The largest absolute Gasteiger partial charge is 0.379 e. The van der Waals surface area contributed by atoms with Crippen LogP contribution in [0.1, 0.15) is 67.3 Å². The quantitative estimate of drug-likeness (QED) is 0.876. The second-order valence-corrected chi connectivity index (χ2v) is 7.83. The number of ether oxygens (including phenoxy) is 1. The first-order chi connectivity index (χ1) is 11.8. The van der Waals surface area contributed by atoms with Crippen molar-refractivity contribution in [1.29, 1.82) is 0 Å². The molecular formula is C22H31NO2. The van der Waals surface area contributed by atoms with Crippen molar-refractivity contribution >= 4 is 11.5 Å². The number of amides is 1. The lowest BCUT2D eigenvalue weighted by Gasteiger charge is -2.38. The predicted molar refractivity (Wildman–Crippen MR) is 103 cm³/mol. The average molecular weight is 341 g/mol. The number of carbonyl (C=O) groups is 1. The first-order valence-electron chi connectivity index (χ1n) is 9.54. The van der Waals surface area contributed by atoms with Crippen molar-refractivity contribution in [3.05, 3.63) is 39.5 Å². The molecular weight excluding hydrogens is 310 g/mol. The van der Waals surface area contributed by atoms with Gasteiger partial charge in [-0.2, -0.15) is 0 Å². The van der Waals surface area contributed by atoms with E-state index in [0.717, 1.165) is 43.4 Å². The Bertz CT molecular complexity index is 737. The van der Waals surface area contributed by atoms with Crippen molar-refractivity contribution in [2.24, 2.45) is 0 Å². The molecule has 1 fully saturated rings. The van der Waals surface area contributed by atoms with E-state index in [-0.39, 0.29) is 11.4 Å². The summed E-state index contributed by atoms with van der Waals surface area (Å²) in [7, 11) is 0. The van der Waals surface area contributed by atoms with Crippen molar-refractivity contribution < 1.29 is 9.53 Å². The Morgan fingerprint density at radius 3 is 2.32 bits per heavy atom. The SMILES string of the molecule is CCOC1CCC2(CC1)NC(=O)C(c1c(C)cc(C)c(C)c1C)=C2C. The minimum atomic E-state index is -0.169. The van der Waals surface area contributed by atoms with Gasteiger partial charge in [-0.05, 0) is 101 Å². The second-order valence-electron chi connectivity index (χ2n) is 7.83. The highest BCUT2D eigenvalue weighted by molar-refractivity contribution is 6.24. The monoisotopic (exact) mass is 341 g/mol. The number of benzene rings is 1. The van der Waals surface area contributed by atoms with Gasteiger partial charge in [-0.15, -0.1) is 0 Å². The van der Waals surface area contributed by atoms with Crippen LogP contribution in [0.3, 0.4) is 0 Å². The highest BCUT2D eigenvalue weighted by Gasteiger charge is 2.45. The normalized spacial score (nSPS) is 26.5. The van der Waals surface area contributed by atoms with Crippen LogP contribution in [0, 0.1) is 27.7 Å². The Morgan fingerprint density at radius 2 is 1.72 bits per heavy atom. The summed E-state index contributed by atoms with van der Waals surface area (Å²) in [5.41, 5.74) is 8.12. The van der Waals surface area contributed by atoms with E-state index < -0.39 is 0 Å². The van der Waals surface area contributed by atoms with Gasteiger partial charge in [-0.3, -0.25) is 4.79 Å². The maximum absolute atomic E-state index is 13.0. The average Bonchev–Trinajstić information content (AvgIpc) is 2.80. The second kappa shape index (κ2) is 6.60. The van der Waals surface area contributed by atoms with Crippen LogP contribution in [0.25, 0.3) is 5.57 Å². The summed E-state index contributed by atoms with van der Waals surface area (Å²) in [6, 6.07) is 2.21. The highest BCUT2D eigenvalue weighted by Crippen LogP contribution is 2.44. The van der Waals surface area contributed by atoms with Gasteiger partial charge in [0.15, 0.2) is 0 Å². The van der Waals surface area contributed by atoms with Gasteiger partial charge in [0.1, 0.15) is 0 Å². The van der Waals surface area contributed by atoms with Crippen LogP contribution in [0.5, 0.6) is 0 Å². The minimum Gasteiger partial charge on any atom is -0.379 e. The number of carbonyl (C=O) groups excluding carboxylic acids is 1. The first kappa shape index (κ1) is 18.2. The van der Waals surface area contributed by atoms with Crippen LogP contribution < -0.4 is 5.32 Å². The van der Waals surface area contributed by atoms with Crippen molar-refractivity contribution in [3.8, 4) is 0 Å². The van der Waals surface area contributed by atoms with E-state index in [2.05, 4.69) is 52.9 Å². The molecule has 1 spiro atoms. The van der Waals surface area contributed by atoms with Crippen LogP contribution in [0.2, 0.25) is 0 Å². The Morgan fingerprint density at radius 1 is 1.08 bits per heavy atom. The highest BCUT2D eigenvalue weighted by atomic mass is 16.5. The zero-order chi connectivity index (χ0) is 18.4. The molecule has 1 heterocycles. The van der Waals surface area contributed by atoms with Gasteiger partial charge < -0.3 is 10.1 Å². The van der Waals surface area contributed by atoms with Gasteiger partial charge in [0, 0.05) is 12.2 Å². The van der Waals surface area contributed by atoms with Gasteiger partial charge in [0.2, 0.25) is 0 Å². The number of hydrogen-bond acceptors (Lipinski definition) is 2. The summed E-state index contributed by atoms with van der Waals surface area (Å²) >= 11 is 0. The summed E-state index contributed by atoms with van der Waals surface area (Å²) in [6.07, 6.45) is 4.32. The fourth-order valence-corrected chi connectivity index (χ4v) is 4.74. The molecule has 2 aliphatic rings. The van der Waals surface area contributed by atoms with E-state index in [1.807, 2.05) is 0 Å². The van der Waals surface area contributed by atoms with Gasteiger partial charge in [0.25, 0.3) is 5.91 Å². The van der Waals surface area contributed by atoms with Gasteiger partial charge in [-0.1, -0.05) is 6.07 Å². The zero-order valence-corrected chi connectivity index (χ0v) is 16.5. The first-order valence-corrected chi connectivity index (χ1v) is 9.54. The predicted octanol–water partition coefficient (Wildman–Crippen LogP) is 4.54. The molecule has 1 aliphatic carbocycles. The Labute approximate surface area is 151 Å². The fourth-order valence-electron chi connectivity index (χ4n) is 4.74. The molecule has 0 saturated heterocycles. The molecule has 25 heavy (non-hydrogen) atoms. The summed E-state index contributed by atoms with van der Waals surface area (Å²) in [5, 5.41) is 3.35. The van der Waals surface area contributed by atoms with Gasteiger partial charge in [0.05, 0.1) is 11.6 Å². The number of rotatable bonds is 3. The van der Waals surface area contributed by atoms with E-state index in [1.165, 1.54) is 27.8 Å². The topological polar surface area (TPSA) is 38.3 Å². The minimum absolute atomic E-state index is 0.0989. The maximum atomic E-state index is 13.0. The summed E-state index contributed by atoms with van der Waals surface area (Å²) < 4.78 is 5.80. The van der Waals surface area contributed by atoms with E-state index in [4.69, 9.17) is 4.74 Å². The summed E-state index contributed by atoms with van der Waals surface area (Å²) in [6.45, 7) is 13.5.